The molecule has 15 nitrogen and oxygen atoms in total. The van der Waals surface area contributed by atoms with Gasteiger partial charge in [-0.15, -0.1) is 0 Å². The molecule has 0 radical (unpaired) electrons. The lowest BCUT2D eigenvalue weighted by Crippen LogP contribution is -2.57. The van der Waals surface area contributed by atoms with Gasteiger partial charge >= 0.3 is 18.0 Å². The van der Waals surface area contributed by atoms with Crippen LogP contribution < -0.4 is 20.4 Å². The molecule has 388 valence electrons. The number of hydrogen-bond donors (Lipinski definition) is 3. The largest absolute Gasteiger partial charge is 0.508 e. The fraction of sp³-hybridized carbons (Fsp3) is 0.295. The second-order valence-electron chi connectivity index (χ2n) is 20.0. The molecule has 4 aliphatic heterocycles. The van der Waals surface area contributed by atoms with Gasteiger partial charge in [-0.1, -0.05) is 129 Å². The second-order valence-corrected chi connectivity index (χ2v) is 20.0. The van der Waals surface area contributed by atoms with Gasteiger partial charge in [0.1, 0.15) is 29.4 Å². The smallest absolute Gasteiger partial charge is 0.329 e. The van der Waals surface area contributed by atoms with Crippen LogP contribution in [0.2, 0.25) is 0 Å². The number of methoxy groups -OCH3 is 1. The first-order chi connectivity index (χ1) is 36.9. The predicted molar refractivity (Wildman–Crippen MR) is 287 cm³/mol. The Bertz CT molecular complexity index is 3160. The minimum absolute atomic E-state index is 0.0570. The number of esters is 2. The van der Waals surface area contributed by atoms with Crippen LogP contribution in [-0.4, -0.2) is 104 Å². The number of aromatic hydroxyl groups is 1. The molecular formula is C61H60N6O9. The summed E-state index contributed by atoms with van der Waals surface area (Å²) in [7, 11) is 3.19. The first-order valence-corrected chi connectivity index (χ1v) is 25.6. The Morgan fingerprint density at radius 2 is 1.45 bits per heavy atom. The van der Waals surface area contributed by atoms with Crippen molar-refractivity contribution in [2.75, 3.05) is 62.1 Å². The SMILES string of the molecule is COC(=O)C(NC(=O)N1C(=O)C2(c3cc(C#CCN(C)Cc4ccccc4)ccc31)C(C(=O)Nc1ccc(N3CCOCC3)cc1)C1C(=O)OC(c3ccccc3)C(c3ccccc3)N1C2c1ccc(O)cc1)C(C)C. The quantitative estimate of drug-likeness (QED) is 0.0801. The van der Waals surface area contributed by atoms with Crippen molar-refractivity contribution in [3.8, 4) is 17.6 Å². The number of phenolic OH excluding ortho intramolecular Hbond substituents is 1. The van der Waals surface area contributed by atoms with Gasteiger partial charge in [-0.3, -0.25) is 24.2 Å². The van der Waals surface area contributed by atoms with Crippen molar-refractivity contribution >= 4 is 46.8 Å². The van der Waals surface area contributed by atoms with E-state index in [0.29, 0.717) is 61.8 Å². The van der Waals surface area contributed by atoms with E-state index < -0.39 is 77.3 Å². The maximum atomic E-state index is 16.8. The van der Waals surface area contributed by atoms with E-state index in [1.807, 2.05) is 115 Å². The van der Waals surface area contributed by atoms with Crippen molar-refractivity contribution in [1.82, 2.24) is 15.1 Å². The summed E-state index contributed by atoms with van der Waals surface area (Å²) in [6.45, 7) is 7.06. The van der Waals surface area contributed by atoms with E-state index in [1.54, 1.807) is 56.3 Å². The number of carbonyl (C=O) groups excluding carboxylic acids is 5. The van der Waals surface area contributed by atoms with E-state index in [0.717, 1.165) is 21.7 Å². The number of ether oxygens (including phenoxy) is 3. The third kappa shape index (κ3) is 9.67. The highest BCUT2D eigenvalue weighted by atomic mass is 16.6. The summed E-state index contributed by atoms with van der Waals surface area (Å²) in [6.07, 6.45) is -0.953. The highest BCUT2D eigenvalue weighted by Crippen LogP contribution is 2.66. The van der Waals surface area contributed by atoms with E-state index in [-0.39, 0.29) is 17.0 Å². The summed E-state index contributed by atoms with van der Waals surface area (Å²) in [5.41, 5.74) is 3.05. The number of urea groups is 1. The van der Waals surface area contributed by atoms with Gasteiger partial charge in [0.25, 0.3) is 0 Å². The predicted octanol–water partition coefficient (Wildman–Crippen LogP) is 7.92. The number of nitrogens with zero attached hydrogens (tertiary/aromatic N) is 4. The molecule has 0 aliphatic carbocycles. The Labute approximate surface area is 442 Å². The zero-order chi connectivity index (χ0) is 53.1. The van der Waals surface area contributed by atoms with Gasteiger partial charge in [-0.2, -0.15) is 0 Å². The first-order valence-electron chi connectivity index (χ1n) is 25.6. The summed E-state index contributed by atoms with van der Waals surface area (Å²) in [5, 5.41) is 16.8. The van der Waals surface area contributed by atoms with Gasteiger partial charge in [0, 0.05) is 36.6 Å². The molecule has 7 atom stereocenters. The maximum Gasteiger partial charge on any atom is 0.329 e. The van der Waals surface area contributed by atoms with Gasteiger partial charge in [0.15, 0.2) is 0 Å². The van der Waals surface area contributed by atoms with Crippen LogP contribution in [0, 0.1) is 23.7 Å². The molecule has 0 saturated carbocycles. The van der Waals surface area contributed by atoms with Crippen LogP contribution in [0.15, 0.2) is 158 Å². The molecule has 10 rings (SSSR count). The average molecular weight is 1020 g/mol. The van der Waals surface area contributed by atoms with Crippen molar-refractivity contribution in [2.24, 2.45) is 11.8 Å². The van der Waals surface area contributed by atoms with E-state index in [2.05, 4.69) is 32.3 Å². The van der Waals surface area contributed by atoms with Crippen molar-refractivity contribution in [3.63, 3.8) is 0 Å². The van der Waals surface area contributed by atoms with Gasteiger partial charge in [-0.25, -0.2) is 14.5 Å². The third-order valence-corrected chi connectivity index (χ3v) is 14.9. The monoisotopic (exact) mass is 1020 g/mol. The first kappa shape index (κ1) is 51.2. The lowest BCUT2D eigenvalue weighted by atomic mass is 9.65. The zero-order valence-electron chi connectivity index (χ0n) is 42.8. The van der Waals surface area contributed by atoms with Crippen molar-refractivity contribution in [3.05, 3.63) is 191 Å². The molecule has 7 unspecified atom stereocenters. The summed E-state index contributed by atoms with van der Waals surface area (Å²) in [6, 6.07) is 42.0. The van der Waals surface area contributed by atoms with E-state index in [4.69, 9.17) is 14.2 Å². The summed E-state index contributed by atoms with van der Waals surface area (Å²) in [4.78, 5) is 84.1. The highest BCUT2D eigenvalue weighted by molar-refractivity contribution is 6.25. The lowest BCUT2D eigenvalue weighted by Gasteiger charge is -2.46. The number of anilines is 3. The molecule has 1 spiro atoms. The molecule has 0 aromatic heterocycles. The number of cyclic esters (lactones) is 1. The van der Waals surface area contributed by atoms with Gasteiger partial charge in [0.2, 0.25) is 11.8 Å². The highest BCUT2D eigenvalue weighted by Gasteiger charge is 2.75. The Balaban J connectivity index is 1.20. The lowest BCUT2D eigenvalue weighted by molar-refractivity contribution is -0.177. The Kier molecular flexibility index (Phi) is 14.7. The van der Waals surface area contributed by atoms with Crippen molar-refractivity contribution < 1.29 is 43.3 Å². The van der Waals surface area contributed by atoms with Crippen LogP contribution in [0.4, 0.5) is 21.9 Å². The summed E-state index contributed by atoms with van der Waals surface area (Å²) in [5.74, 6) is 1.48. The fourth-order valence-corrected chi connectivity index (χ4v) is 11.5. The molecule has 3 saturated heterocycles. The van der Waals surface area contributed by atoms with Gasteiger partial charge < -0.3 is 34.9 Å². The van der Waals surface area contributed by atoms with Crippen LogP contribution in [0.3, 0.4) is 0 Å². The molecule has 0 bridgehead atoms. The standard InChI is InChI=1S/C61H60N6O9/c1-39(2)51(57(70)74-4)63-60(73)66-49-31-22-40(17-14-32-64(3)38-41-15-8-5-9-16-41)37-48(49)61(59(66)72)50(56(69)62-45-25-27-46(28-26-45)65-33-35-75-36-34-65)53-58(71)76-54(43-20-12-7-13-21-43)52(42-18-10-6-11-19-42)67(53)55(61)44-23-29-47(68)30-24-44/h5-13,15-16,18-31,37,39,50-55,68H,32-36,38H2,1-4H3,(H,62,69)(H,63,73). The Morgan fingerprint density at radius 1 is 0.803 bits per heavy atom. The van der Waals surface area contributed by atoms with E-state index in [1.165, 1.54) is 19.2 Å². The number of hydrogen-bond acceptors (Lipinski definition) is 12. The molecule has 4 amide bonds. The van der Waals surface area contributed by atoms with Crippen LogP contribution in [0.1, 0.15) is 65.4 Å². The minimum Gasteiger partial charge on any atom is -0.508 e. The molecule has 4 heterocycles. The summed E-state index contributed by atoms with van der Waals surface area (Å²) >= 11 is 0. The number of morpholine rings is 2. The van der Waals surface area contributed by atoms with Crippen molar-refractivity contribution in [2.45, 2.75) is 56.1 Å². The van der Waals surface area contributed by atoms with Crippen LogP contribution >= 0.6 is 0 Å². The number of amides is 4. The maximum absolute atomic E-state index is 16.8. The topological polar surface area (TPSA) is 170 Å². The van der Waals surface area contributed by atoms with E-state index >= 15 is 19.2 Å². The number of rotatable bonds is 12. The zero-order valence-corrected chi connectivity index (χ0v) is 42.8. The van der Waals surface area contributed by atoms with Crippen LogP contribution in [0.25, 0.3) is 0 Å². The number of imide groups is 1. The number of benzene rings is 6. The molecule has 3 N–H and O–H groups in total. The number of fused-ring (bicyclic) bond motifs is 3. The number of carbonyl (C=O) groups is 5. The molecule has 3 fully saturated rings. The average Bonchev–Trinajstić information content (AvgIpc) is 4.14. The van der Waals surface area contributed by atoms with Crippen LogP contribution in [0.5, 0.6) is 5.75 Å². The number of nitrogens with one attached hydrogen (secondary N) is 2. The van der Waals surface area contributed by atoms with Gasteiger partial charge in [0.05, 0.1) is 50.6 Å². The van der Waals surface area contributed by atoms with Crippen LogP contribution in [-0.2, 0) is 45.3 Å². The third-order valence-electron chi connectivity index (χ3n) is 14.9. The summed E-state index contributed by atoms with van der Waals surface area (Å²) < 4.78 is 17.3. The molecule has 4 aliphatic rings. The second kappa shape index (κ2) is 21.9. The Hall–Kier alpha value is -8.29. The Morgan fingerprint density at radius 3 is 2.09 bits per heavy atom. The molecule has 15 heteroatoms. The van der Waals surface area contributed by atoms with Crippen molar-refractivity contribution in [1.29, 1.82) is 0 Å². The molecular weight excluding hydrogens is 961 g/mol. The van der Waals surface area contributed by atoms with E-state index in [9.17, 15) is 9.90 Å². The number of phenols is 1. The minimum atomic E-state index is -2.12. The fourth-order valence-electron chi connectivity index (χ4n) is 11.5. The molecule has 6 aromatic rings. The molecule has 76 heavy (non-hydrogen) atoms. The van der Waals surface area contributed by atoms with Gasteiger partial charge in [-0.05, 0) is 95.4 Å². The normalized spacial score (nSPS) is 22.3. The molecule has 6 aromatic carbocycles.